The molecule has 1 aromatic rings. The van der Waals surface area contributed by atoms with E-state index in [1.807, 2.05) is 12.2 Å². The number of carbonyl (C=O) groups is 1. The zero-order valence-corrected chi connectivity index (χ0v) is 14.5. The Hall–Kier alpha value is -3.48. The van der Waals surface area contributed by atoms with Gasteiger partial charge in [-0.05, 0) is 48.1 Å². The molecule has 7 heteroatoms. The summed E-state index contributed by atoms with van der Waals surface area (Å²) in [5, 5.41) is 40.8. The summed E-state index contributed by atoms with van der Waals surface area (Å²) in [6.45, 7) is 0. The number of carboxylic acid groups (broad SMARTS) is 1. The number of aromatic hydroxyl groups is 3. The third kappa shape index (κ3) is 2.04. The van der Waals surface area contributed by atoms with Gasteiger partial charge >= 0.3 is 5.97 Å². The molecule has 0 amide bonds. The molecule has 4 atom stereocenters. The van der Waals surface area contributed by atoms with Crippen LogP contribution in [0, 0.1) is 17.8 Å². The van der Waals surface area contributed by atoms with Gasteiger partial charge in [0.1, 0.15) is 0 Å². The summed E-state index contributed by atoms with van der Waals surface area (Å²) in [7, 11) is 0. The first kappa shape index (κ1) is 16.7. The first-order valence-corrected chi connectivity index (χ1v) is 8.93. The molecule has 1 heterocycles. The zero-order valence-electron chi connectivity index (χ0n) is 14.5. The Kier molecular flexibility index (Phi) is 3.28. The Labute approximate surface area is 158 Å². The predicted molar refractivity (Wildman–Crippen MR) is 98.7 cm³/mol. The van der Waals surface area contributed by atoms with Gasteiger partial charge in [0.25, 0.3) is 0 Å². The molecule has 3 aliphatic carbocycles. The van der Waals surface area contributed by atoms with Crippen LogP contribution in [0.3, 0.4) is 0 Å². The lowest BCUT2D eigenvalue weighted by atomic mass is 9.75. The Morgan fingerprint density at radius 3 is 2.50 bits per heavy atom. The van der Waals surface area contributed by atoms with Crippen LogP contribution in [0.5, 0.6) is 17.2 Å². The maximum absolute atomic E-state index is 12.0. The van der Waals surface area contributed by atoms with E-state index in [-0.39, 0.29) is 23.2 Å². The summed E-state index contributed by atoms with van der Waals surface area (Å²) < 4.78 is 5.62. The Bertz CT molecular complexity index is 1210. The first-order valence-electron chi connectivity index (χ1n) is 8.93. The summed E-state index contributed by atoms with van der Waals surface area (Å²) in [6.07, 6.45) is 4.62. The third-order valence-corrected chi connectivity index (χ3v) is 6.07. The minimum atomic E-state index is -0.920. The molecule has 7 nitrogen and oxygen atoms in total. The van der Waals surface area contributed by atoms with Crippen molar-refractivity contribution in [3.05, 3.63) is 52.2 Å². The summed E-state index contributed by atoms with van der Waals surface area (Å²) in [5.74, 6) is -3.83. The van der Waals surface area contributed by atoms with E-state index in [4.69, 9.17) is 4.42 Å². The van der Waals surface area contributed by atoms with Crippen molar-refractivity contribution in [3.8, 4) is 28.6 Å². The third-order valence-electron chi connectivity index (χ3n) is 6.07. The number of carboxylic acids is 1. The predicted octanol–water partition coefficient (Wildman–Crippen LogP) is 3.00. The van der Waals surface area contributed by atoms with Crippen LogP contribution in [0.25, 0.3) is 22.3 Å². The molecule has 4 aliphatic rings. The Morgan fingerprint density at radius 1 is 1.00 bits per heavy atom. The molecule has 1 fully saturated rings. The van der Waals surface area contributed by atoms with Crippen molar-refractivity contribution in [1.82, 2.24) is 0 Å². The lowest BCUT2D eigenvalue weighted by Crippen LogP contribution is -2.26. The number of allylic oxidation sites excluding steroid dienone is 2. The summed E-state index contributed by atoms with van der Waals surface area (Å²) in [6, 6.07) is 5.58. The van der Waals surface area contributed by atoms with Crippen LogP contribution in [-0.4, -0.2) is 26.4 Å². The molecule has 0 radical (unpaired) electrons. The zero-order chi connectivity index (χ0) is 19.7. The van der Waals surface area contributed by atoms with Gasteiger partial charge in [0.2, 0.25) is 16.9 Å². The summed E-state index contributed by atoms with van der Waals surface area (Å²) >= 11 is 0. The van der Waals surface area contributed by atoms with E-state index < -0.39 is 40.5 Å². The van der Waals surface area contributed by atoms with Gasteiger partial charge in [-0.2, -0.15) is 0 Å². The van der Waals surface area contributed by atoms with E-state index in [0.717, 1.165) is 0 Å². The molecular weight excluding hydrogens is 364 g/mol. The monoisotopic (exact) mass is 380 g/mol. The highest BCUT2D eigenvalue weighted by atomic mass is 16.4. The molecule has 5 rings (SSSR count). The second kappa shape index (κ2) is 5.51. The topological polar surface area (TPSA) is 128 Å². The fourth-order valence-corrected chi connectivity index (χ4v) is 4.90. The van der Waals surface area contributed by atoms with Gasteiger partial charge in [0.15, 0.2) is 17.1 Å². The Balaban J connectivity index is 1.93. The number of fused-ring (bicyclic) bond motifs is 4. The normalized spacial score (nSPS) is 25.7. The first-order chi connectivity index (χ1) is 13.4. The van der Waals surface area contributed by atoms with Crippen molar-refractivity contribution in [2.75, 3.05) is 0 Å². The minimum absolute atomic E-state index is 0.0232. The van der Waals surface area contributed by atoms with Crippen LogP contribution >= 0.6 is 0 Å². The van der Waals surface area contributed by atoms with E-state index in [1.165, 1.54) is 18.2 Å². The number of hydrogen-bond donors (Lipinski definition) is 4. The van der Waals surface area contributed by atoms with Crippen LogP contribution in [-0.2, 0) is 4.79 Å². The van der Waals surface area contributed by atoms with Crippen molar-refractivity contribution >= 4 is 16.9 Å². The largest absolute Gasteiger partial charge is 0.504 e. The number of benzene rings is 2. The summed E-state index contributed by atoms with van der Waals surface area (Å²) in [5.41, 5.74) is 0.265. The Morgan fingerprint density at radius 2 is 1.75 bits per heavy atom. The lowest BCUT2D eigenvalue weighted by molar-refractivity contribution is -0.143. The van der Waals surface area contributed by atoms with Crippen LogP contribution in [0.2, 0.25) is 0 Å². The standard InChI is InChI=1S/C21H16O7/c22-12-5-3-10-16(14-8-1-2-9(7-8)15(14)21(26)27)11-4-6-13(23)18(25)20(11)28-19(10)17(12)24/h1-6,8-9,14-15,22,24-25H,7H2,(H,26,27)/t8-,9+,14-,15+/m1/s1. The van der Waals surface area contributed by atoms with E-state index in [1.54, 1.807) is 6.07 Å². The number of phenols is 3. The van der Waals surface area contributed by atoms with Crippen molar-refractivity contribution in [2.24, 2.45) is 17.8 Å². The average Bonchev–Trinajstić information content (AvgIpc) is 3.28. The van der Waals surface area contributed by atoms with Crippen LogP contribution in [0.4, 0.5) is 0 Å². The fraction of sp³-hybridized carbons (Fsp3) is 0.238. The van der Waals surface area contributed by atoms with Crippen LogP contribution in [0.1, 0.15) is 17.9 Å². The SMILES string of the molecule is O=C(O)[C@@H]1[C@H](c2c3ccc(=O)c(O)c-3oc3c(O)c(O)ccc23)[C@@H]2C=C[C@H]1C2. The lowest BCUT2D eigenvalue weighted by Gasteiger charge is -2.29. The van der Waals surface area contributed by atoms with E-state index in [0.29, 0.717) is 22.9 Å². The highest BCUT2D eigenvalue weighted by molar-refractivity contribution is 5.95. The maximum Gasteiger partial charge on any atom is 0.307 e. The number of hydrogen-bond acceptors (Lipinski definition) is 6. The van der Waals surface area contributed by atoms with Crippen molar-refractivity contribution in [3.63, 3.8) is 0 Å². The molecule has 4 N–H and O–H groups in total. The van der Waals surface area contributed by atoms with Crippen molar-refractivity contribution in [2.45, 2.75) is 12.3 Å². The molecule has 142 valence electrons. The minimum Gasteiger partial charge on any atom is -0.504 e. The van der Waals surface area contributed by atoms with Gasteiger partial charge in [-0.3, -0.25) is 9.59 Å². The second-order valence-corrected chi connectivity index (χ2v) is 7.45. The smallest absolute Gasteiger partial charge is 0.307 e. The van der Waals surface area contributed by atoms with Gasteiger partial charge in [0, 0.05) is 16.9 Å². The van der Waals surface area contributed by atoms with Gasteiger partial charge in [0.05, 0.1) is 5.92 Å². The highest BCUT2D eigenvalue weighted by Crippen LogP contribution is 2.57. The van der Waals surface area contributed by atoms with Crippen molar-refractivity contribution < 1.29 is 29.6 Å². The summed E-state index contributed by atoms with van der Waals surface area (Å²) in [4.78, 5) is 24.0. The molecule has 2 bridgehead atoms. The van der Waals surface area contributed by atoms with Gasteiger partial charge < -0.3 is 24.8 Å². The quantitative estimate of drug-likeness (QED) is 0.306. The van der Waals surface area contributed by atoms with Crippen molar-refractivity contribution in [1.29, 1.82) is 0 Å². The number of aliphatic carboxylic acids is 1. The highest BCUT2D eigenvalue weighted by Gasteiger charge is 2.50. The second-order valence-electron chi connectivity index (χ2n) is 7.45. The average molecular weight is 380 g/mol. The van der Waals surface area contributed by atoms with E-state index in [9.17, 15) is 30.0 Å². The van der Waals surface area contributed by atoms with Gasteiger partial charge in [-0.15, -0.1) is 0 Å². The maximum atomic E-state index is 12.0. The number of phenolic OH excluding ortho intramolecular Hbond substituents is 3. The molecule has 1 saturated carbocycles. The molecule has 1 aliphatic heterocycles. The van der Waals surface area contributed by atoms with Gasteiger partial charge in [-0.25, -0.2) is 0 Å². The molecule has 0 aromatic heterocycles. The van der Waals surface area contributed by atoms with E-state index in [2.05, 4.69) is 0 Å². The van der Waals surface area contributed by atoms with Crippen LogP contribution < -0.4 is 5.43 Å². The van der Waals surface area contributed by atoms with Crippen LogP contribution in [0.15, 0.2) is 45.6 Å². The van der Waals surface area contributed by atoms with Gasteiger partial charge in [-0.1, -0.05) is 12.2 Å². The molecule has 1 aromatic carbocycles. The fourth-order valence-electron chi connectivity index (χ4n) is 4.90. The molecule has 0 spiro atoms. The molecule has 28 heavy (non-hydrogen) atoms. The molecule has 0 unspecified atom stereocenters. The number of rotatable bonds is 2. The molecule has 0 saturated heterocycles. The molecular formula is C21H16O7. The van der Waals surface area contributed by atoms with E-state index >= 15 is 0 Å².